The molecular formula is C15H11ClN2O4S. The third-order valence-electron chi connectivity index (χ3n) is 3.38. The van der Waals surface area contributed by atoms with Crippen LogP contribution in [0.25, 0.3) is 20.2 Å². The number of hydrogen-bond donors (Lipinski definition) is 3. The number of carbonyl (C=O) groups excluding carboxylic acids is 1. The van der Waals surface area contributed by atoms with Gasteiger partial charge in [0.05, 0.1) is 4.70 Å². The van der Waals surface area contributed by atoms with E-state index in [2.05, 4.69) is 10.3 Å². The molecule has 0 bridgehead atoms. The summed E-state index contributed by atoms with van der Waals surface area (Å²) in [6.07, 6.45) is 0. The van der Waals surface area contributed by atoms with E-state index in [9.17, 15) is 14.7 Å². The number of thiophene rings is 1. The molecule has 2 aromatic heterocycles. The molecule has 0 fully saturated rings. The van der Waals surface area contributed by atoms with Gasteiger partial charge in [-0.05, 0) is 13.0 Å². The van der Waals surface area contributed by atoms with Crippen LogP contribution < -0.4 is 5.32 Å². The van der Waals surface area contributed by atoms with Gasteiger partial charge < -0.3 is 15.5 Å². The van der Waals surface area contributed by atoms with Crippen LogP contribution in [-0.2, 0) is 4.79 Å². The van der Waals surface area contributed by atoms with E-state index in [4.69, 9.17) is 16.7 Å². The van der Waals surface area contributed by atoms with Gasteiger partial charge in [0.2, 0.25) is 0 Å². The quantitative estimate of drug-likeness (QED) is 0.630. The Morgan fingerprint density at radius 1 is 1.35 bits per heavy atom. The van der Waals surface area contributed by atoms with Crippen molar-refractivity contribution in [3.8, 4) is 5.75 Å². The maximum Gasteiger partial charge on any atom is 0.325 e. The van der Waals surface area contributed by atoms with Gasteiger partial charge >= 0.3 is 5.97 Å². The molecule has 0 saturated carbocycles. The fourth-order valence-electron chi connectivity index (χ4n) is 2.22. The van der Waals surface area contributed by atoms with Crippen molar-refractivity contribution in [1.29, 1.82) is 0 Å². The van der Waals surface area contributed by atoms with Crippen LogP contribution in [0.5, 0.6) is 5.75 Å². The van der Waals surface area contributed by atoms with E-state index in [0.717, 1.165) is 10.1 Å². The molecule has 118 valence electrons. The molecule has 23 heavy (non-hydrogen) atoms. The van der Waals surface area contributed by atoms with Crippen LogP contribution in [0.4, 0.5) is 0 Å². The molecular weight excluding hydrogens is 340 g/mol. The van der Waals surface area contributed by atoms with Gasteiger partial charge in [-0.1, -0.05) is 29.8 Å². The molecule has 0 radical (unpaired) electrons. The first kappa shape index (κ1) is 15.5. The number of benzene rings is 1. The molecule has 1 amide bonds. The smallest absolute Gasteiger partial charge is 0.325 e. The summed E-state index contributed by atoms with van der Waals surface area (Å²) in [7, 11) is 0. The topological polar surface area (TPSA) is 99.5 Å². The van der Waals surface area contributed by atoms with E-state index < -0.39 is 17.9 Å². The summed E-state index contributed by atoms with van der Waals surface area (Å²) >= 11 is 7.47. The fraction of sp³-hybridized carbons (Fsp3) is 0.133. The van der Waals surface area contributed by atoms with Crippen molar-refractivity contribution < 1.29 is 19.8 Å². The first-order valence-corrected chi connectivity index (χ1v) is 7.83. The van der Waals surface area contributed by atoms with Crippen molar-refractivity contribution >= 4 is 55.0 Å². The zero-order chi connectivity index (χ0) is 16.7. The molecule has 0 saturated heterocycles. The highest BCUT2D eigenvalue weighted by Gasteiger charge is 2.24. The Labute approximate surface area is 139 Å². The van der Waals surface area contributed by atoms with Gasteiger partial charge in [0.15, 0.2) is 11.4 Å². The average molecular weight is 351 g/mol. The maximum atomic E-state index is 12.1. The number of pyridine rings is 1. The van der Waals surface area contributed by atoms with Crippen molar-refractivity contribution in [2.24, 2.45) is 0 Å². The van der Waals surface area contributed by atoms with Gasteiger partial charge in [0.25, 0.3) is 5.91 Å². The number of carbonyl (C=O) groups is 2. The summed E-state index contributed by atoms with van der Waals surface area (Å²) in [5.41, 5.74) is -0.290. The Hall–Kier alpha value is -2.38. The highest BCUT2D eigenvalue weighted by Crippen LogP contribution is 2.42. The predicted molar refractivity (Wildman–Crippen MR) is 88.4 cm³/mol. The maximum absolute atomic E-state index is 12.1. The molecule has 1 atom stereocenters. The number of aromatic nitrogens is 1. The Morgan fingerprint density at radius 3 is 2.74 bits per heavy atom. The number of aliphatic carboxylic acids is 1. The molecule has 6 nitrogen and oxygen atoms in total. The lowest BCUT2D eigenvalue weighted by atomic mass is 10.1. The Kier molecular flexibility index (Phi) is 3.83. The van der Waals surface area contributed by atoms with Crippen LogP contribution in [0.3, 0.4) is 0 Å². The molecule has 0 aliphatic rings. The van der Waals surface area contributed by atoms with E-state index in [0.29, 0.717) is 10.1 Å². The minimum atomic E-state index is -1.19. The molecule has 1 unspecified atom stereocenters. The number of amides is 1. The number of carboxylic acids is 1. The minimum absolute atomic E-state index is 0.0865. The summed E-state index contributed by atoms with van der Waals surface area (Å²) in [5, 5.41) is 23.0. The molecule has 0 spiro atoms. The second-order valence-electron chi connectivity index (χ2n) is 4.94. The van der Waals surface area contributed by atoms with E-state index >= 15 is 0 Å². The van der Waals surface area contributed by atoms with Gasteiger partial charge in [0, 0.05) is 15.5 Å². The molecule has 3 N–H and O–H groups in total. The number of rotatable bonds is 3. The minimum Gasteiger partial charge on any atom is -0.504 e. The van der Waals surface area contributed by atoms with E-state index in [1.165, 1.54) is 18.3 Å². The summed E-state index contributed by atoms with van der Waals surface area (Å²) in [5.74, 6) is -2.29. The number of aromatic hydroxyl groups is 1. The highest BCUT2D eigenvalue weighted by molar-refractivity contribution is 7.26. The second-order valence-corrected chi connectivity index (χ2v) is 6.35. The van der Waals surface area contributed by atoms with Gasteiger partial charge in [-0.2, -0.15) is 0 Å². The lowest BCUT2D eigenvalue weighted by molar-refractivity contribution is -0.138. The zero-order valence-electron chi connectivity index (χ0n) is 11.8. The van der Waals surface area contributed by atoms with Crippen molar-refractivity contribution in [2.45, 2.75) is 13.0 Å². The first-order valence-electron chi connectivity index (χ1n) is 6.63. The van der Waals surface area contributed by atoms with E-state index in [1.54, 1.807) is 0 Å². The lowest BCUT2D eigenvalue weighted by Gasteiger charge is -2.10. The molecule has 0 aliphatic heterocycles. The van der Waals surface area contributed by atoms with Crippen LogP contribution >= 0.6 is 22.9 Å². The van der Waals surface area contributed by atoms with Gasteiger partial charge in [0.1, 0.15) is 11.2 Å². The predicted octanol–water partition coefficient (Wildman–Crippen LogP) is 3.01. The summed E-state index contributed by atoms with van der Waals surface area (Å²) in [6.45, 7) is 1.32. The van der Waals surface area contributed by atoms with Crippen molar-refractivity contribution in [3.05, 3.63) is 35.1 Å². The van der Waals surface area contributed by atoms with Crippen LogP contribution in [0, 0.1) is 0 Å². The number of halogens is 1. The summed E-state index contributed by atoms with van der Waals surface area (Å²) < 4.78 is 1.34. The van der Waals surface area contributed by atoms with Crippen LogP contribution in [0.1, 0.15) is 17.4 Å². The molecule has 2 heterocycles. The van der Waals surface area contributed by atoms with E-state index in [-0.39, 0.29) is 16.6 Å². The van der Waals surface area contributed by atoms with Gasteiger partial charge in [-0.25, -0.2) is 4.98 Å². The van der Waals surface area contributed by atoms with Crippen molar-refractivity contribution in [2.75, 3.05) is 0 Å². The number of fused-ring (bicyclic) bond motifs is 3. The number of hydrogen-bond acceptors (Lipinski definition) is 5. The largest absolute Gasteiger partial charge is 0.504 e. The van der Waals surface area contributed by atoms with E-state index in [1.807, 2.05) is 24.3 Å². The fourth-order valence-corrected chi connectivity index (χ4v) is 3.70. The molecule has 3 aromatic rings. The Morgan fingerprint density at radius 2 is 2.04 bits per heavy atom. The number of carboxylic acid groups (broad SMARTS) is 1. The third kappa shape index (κ3) is 2.58. The summed E-state index contributed by atoms with van der Waals surface area (Å²) in [4.78, 5) is 26.9. The SMILES string of the molecule is CC(NC(=O)c1nc(Cl)c2c(sc3ccccc32)c1O)C(=O)O. The second kappa shape index (κ2) is 5.68. The molecule has 1 aromatic carbocycles. The Bertz CT molecular complexity index is 953. The van der Waals surface area contributed by atoms with Crippen molar-refractivity contribution in [1.82, 2.24) is 10.3 Å². The molecule has 3 rings (SSSR count). The van der Waals surface area contributed by atoms with Crippen LogP contribution in [0.15, 0.2) is 24.3 Å². The standard InChI is InChI=1S/C15H11ClN2O4S/c1-6(15(21)22)17-14(20)10-11(19)12-9(13(16)18-10)7-4-2-3-5-8(7)23-12/h2-6,19H,1H3,(H,17,20)(H,21,22). The van der Waals surface area contributed by atoms with Gasteiger partial charge in [-0.3, -0.25) is 9.59 Å². The van der Waals surface area contributed by atoms with Gasteiger partial charge in [-0.15, -0.1) is 11.3 Å². The summed E-state index contributed by atoms with van der Waals surface area (Å²) in [6, 6.07) is 6.32. The highest BCUT2D eigenvalue weighted by atomic mass is 35.5. The first-order chi connectivity index (χ1) is 10.9. The van der Waals surface area contributed by atoms with Crippen LogP contribution in [-0.4, -0.2) is 33.1 Å². The van der Waals surface area contributed by atoms with Crippen molar-refractivity contribution in [3.63, 3.8) is 0 Å². The average Bonchev–Trinajstić information content (AvgIpc) is 2.90. The molecule has 8 heteroatoms. The third-order valence-corrected chi connectivity index (χ3v) is 4.84. The van der Waals surface area contributed by atoms with Crippen LogP contribution in [0.2, 0.25) is 5.15 Å². The zero-order valence-corrected chi connectivity index (χ0v) is 13.4. The molecule has 0 aliphatic carbocycles. The lowest BCUT2D eigenvalue weighted by Crippen LogP contribution is -2.38. The monoisotopic (exact) mass is 350 g/mol. The normalized spacial score (nSPS) is 12.4. The number of nitrogens with zero attached hydrogens (tertiary/aromatic N) is 1. The number of nitrogens with one attached hydrogen (secondary N) is 1. The Balaban J connectivity index is 2.16.